The summed E-state index contributed by atoms with van der Waals surface area (Å²) in [5.41, 5.74) is 0.941. The van der Waals surface area contributed by atoms with Crippen molar-refractivity contribution in [3.8, 4) is 5.69 Å². The van der Waals surface area contributed by atoms with Gasteiger partial charge >= 0.3 is 0 Å². The Morgan fingerprint density at radius 2 is 1.74 bits per heavy atom. The van der Waals surface area contributed by atoms with Crippen LogP contribution in [0.4, 0.5) is 5.13 Å². The molecule has 0 atom stereocenters. The number of nitrogens with one attached hydrogen (secondary N) is 2. The van der Waals surface area contributed by atoms with Crippen LogP contribution in [0.15, 0.2) is 62.9 Å². The fourth-order valence-electron chi connectivity index (χ4n) is 3.86. The van der Waals surface area contributed by atoms with Gasteiger partial charge in [-0.2, -0.15) is 4.31 Å². The number of carbonyl (C=O) groups is 2. The zero-order valence-electron chi connectivity index (χ0n) is 23.5. The van der Waals surface area contributed by atoms with Crippen LogP contribution in [0.25, 0.3) is 5.69 Å². The third-order valence-electron chi connectivity index (χ3n) is 5.89. The number of benzene rings is 2. The Morgan fingerprint density at radius 3 is 2.42 bits per heavy atom. The smallest absolute Gasteiger partial charge is 0.251 e. The molecule has 0 fully saturated rings. The van der Waals surface area contributed by atoms with Crippen LogP contribution in [0, 0.1) is 0 Å². The summed E-state index contributed by atoms with van der Waals surface area (Å²) >= 11 is 10.3. The molecule has 0 spiro atoms. The van der Waals surface area contributed by atoms with E-state index in [0.29, 0.717) is 39.9 Å². The van der Waals surface area contributed by atoms with Crippen LogP contribution in [-0.4, -0.2) is 74.1 Å². The van der Waals surface area contributed by atoms with Crippen molar-refractivity contribution in [1.29, 1.82) is 0 Å². The lowest BCUT2D eigenvalue weighted by atomic mass is 10.2. The molecule has 2 aromatic carbocycles. The number of thioether (sulfide) groups is 2. The summed E-state index contributed by atoms with van der Waals surface area (Å²) < 4.78 is 29.4. The third-order valence-corrected chi connectivity index (χ3v) is 11.0. The number of halogens is 1. The zero-order valence-corrected chi connectivity index (χ0v) is 27.5. The van der Waals surface area contributed by atoms with Crippen LogP contribution in [0.2, 0.25) is 5.02 Å². The second-order valence-corrected chi connectivity index (χ2v) is 14.5. The highest BCUT2D eigenvalue weighted by atomic mass is 35.5. The van der Waals surface area contributed by atoms with Crippen molar-refractivity contribution >= 4 is 73.4 Å². The summed E-state index contributed by atoms with van der Waals surface area (Å²) in [6, 6.07) is 12.8. The summed E-state index contributed by atoms with van der Waals surface area (Å²) in [6.45, 7) is 6.26. The third kappa shape index (κ3) is 8.33. The molecule has 43 heavy (non-hydrogen) atoms. The lowest BCUT2D eigenvalue weighted by Gasteiger charge is -2.18. The Kier molecular flexibility index (Phi) is 11.6. The fraction of sp³-hybridized carbons (Fsp3) is 0.308. The summed E-state index contributed by atoms with van der Waals surface area (Å²) in [7, 11) is -3.64. The molecule has 0 bridgehead atoms. The average molecular weight is 681 g/mol. The molecular weight excluding hydrogens is 652 g/mol. The van der Waals surface area contributed by atoms with Gasteiger partial charge in [0.1, 0.15) is 0 Å². The second-order valence-electron chi connectivity index (χ2n) is 8.65. The minimum atomic E-state index is -3.64. The van der Waals surface area contributed by atoms with Gasteiger partial charge in [0, 0.05) is 23.7 Å². The Balaban J connectivity index is 1.46. The van der Waals surface area contributed by atoms with Crippen LogP contribution in [0.1, 0.15) is 37.0 Å². The predicted molar refractivity (Wildman–Crippen MR) is 170 cm³/mol. The molecule has 0 radical (unpaired) electrons. The first kappa shape index (κ1) is 32.9. The molecule has 0 unspecified atom stereocenters. The van der Waals surface area contributed by atoms with Gasteiger partial charge in [-0.3, -0.25) is 19.5 Å². The van der Waals surface area contributed by atoms with Gasteiger partial charge in [0.05, 0.1) is 22.9 Å². The van der Waals surface area contributed by atoms with Crippen molar-refractivity contribution in [2.24, 2.45) is 0 Å². The van der Waals surface area contributed by atoms with Crippen molar-refractivity contribution in [3.05, 3.63) is 64.9 Å². The normalized spacial score (nSPS) is 11.6. The molecule has 2 N–H and O–H groups in total. The lowest BCUT2D eigenvalue weighted by molar-refractivity contribution is -0.113. The van der Waals surface area contributed by atoms with E-state index in [2.05, 4.69) is 31.0 Å². The van der Waals surface area contributed by atoms with E-state index in [0.717, 1.165) is 10.1 Å². The SMILES string of the molecule is CCSc1nnc(NC(=O)CSc2nnc(CNC(=O)c3ccc(S(=O)(=O)N(CC)CC)cc3)n2-c2cccc(Cl)c2)s1. The number of sulfonamides is 1. The minimum Gasteiger partial charge on any atom is -0.345 e. The van der Waals surface area contributed by atoms with Crippen LogP contribution >= 0.6 is 46.5 Å². The summed E-state index contributed by atoms with van der Waals surface area (Å²) in [5.74, 6) is 0.594. The quantitative estimate of drug-likeness (QED) is 0.143. The first-order valence-electron chi connectivity index (χ1n) is 13.1. The molecule has 0 aliphatic rings. The van der Waals surface area contributed by atoms with E-state index < -0.39 is 15.9 Å². The molecule has 0 saturated heterocycles. The van der Waals surface area contributed by atoms with Crippen LogP contribution in [-0.2, 0) is 21.4 Å². The molecule has 12 nitrogen and oxygen atoms in total. The van der Waals surface area contributed by atoms with E-state index in [-0.39, 0.29) is 28.7 Å². The number of anilines is 1. The first-order chi connectivity index (χ1) is 20.7. The summed E-state index contributed by atoms with van der Waals surface area (Å²) in [5, 5.41) is 23.4. The number of hydrogen-bond donors (Lipinski definition) is 2. The number of aromatic nitrogens is 5. The van der Waals surface area contributed by atoms with Gasteiger partial charge in [-0.25, -0.2) is 8.42 Å². The lowest BCUT2D eigenvalue weighted by Crippen LogP contribution is -2.30. The Labute approximate surface area is 267 Å². The molecule has 0 aliphatic carbocycles. The molecule has 17 heteroatoms. The van der Waals surface area contributed by atoms with E-state index in [1.54, 1.807) is 48.4 Å². The molecule has 2 heterocycles. The standard InChI is InChI=1S/C26H29ClN8O4S4/c1-4-34(5-2)43(38,39)20-12-10-17(11-13-20)23(37)28-15-21-30-32-25(35(21)19-9-7-8-18(27)14-19)41-16-22(36)29-24-31-33-26(42-24)40-6-3/h7-14H,4-6,15-16H2,1-3H3,(H,28,37)(H,29,31,36). The molecule has 2 aromatic heterocycles. The zero-order chi connectivity index (χ0) is 31.0. The van der Waals surface area contributed by atoms with Gasteiger partial charge in [-0.05, 0) is 48.2 Å². The molecule has 228 valence electrons. The molecule has 0 saturated carbocycles. The maximum absolute atomic E-state index is 12.9. The van der Waals surface area contributed by atoms with E-state index in [9.17, 15) is 18.0 Å². The Morgan fingerprint density at radius 1 is 1.00 bits per heavy atom. The monoisotopic (exact) mass is 680 g/mol. The molecule has 2 amide bonds. The van der Waals surface area contributed by atoms with Crippen molar-refractivity contribution < 1.29 is 18.0 Å². The Hall–Kier alpha value is -3.02. The predicted octanol–water partition coefficient (Wildman–Crippen LogP) is 4.58. The van der Waals surface area contributed by atoms with Gasteiger partial charge in [-0.15, -0.1) is 20.4 Å². The largest absolute Gasteiger partial charge is 0.345 e. The van der Waals surface area contributed by atoms with Crippen LogP contribution in [0.3, 0.4) is 0 Å². The highest BCUT2D eigenvalue weighted by Gasteiger charge is 2.22. The van der Waals surface area contributed by atoms with Gasteiger partial charge in [0.2, 0.25) is 21.1 Å². The maximum Gasteiger partial charge on any atom is 0.251 e. The van der Waals surface area contributed by atoms with Gasteiger partial charge in [-0.1, -0.05) is 73.3 Å². The van der Waals surface area contributed by atoms with Crippen molar-refractivity contribution in [2.75, 3.05) is 29.9 Å². The molecular formula is C26H29ClN8O4S4. The highest BCUT2D eigenvalue weighted by Crippen LogP contribution is 2.27. The first-order valence-corrected chi connectivity index (χ1v) is 17.7. The van der Waals surface area contributed by atoms with Gasteiger partial charge in [0.25, 0.3) is 5.91 Å². The van der Waals surface area contributed by atoms with Crippen LogP contribution in [0.5, 0.6) is 0 Å². The Bertz CT molecular complexity index is 1670. The number of amides is 2. The van der Waals surface area contributed by atoms with Crippen molar-refractivity contribution in [2.45, 2.75) is 41.7 Å². The molecule has 0 aliphatic heterocycles. The van der Waals surface area contributed by atoms with Crippen molar-refractivity contribution in [3.63, 3.8) is 0 Å². The molecule has 4 aromatic rings. The number of rotatable bonds is 14. The van der Waals surface area contributed by atoms with Crippen molar-refractivity contribution in [1.82, 2.24) is 34.6 Å². The maximum atomic E-state index is 12.9. The number of hydrogen-bond acceptors (Lipinski definition) is 11. The van der Waals surface area contributed by atoms with E-state index in [1.807, 2.05) is 13.0 Å². The number of carbonyl (C=O) groups excluding carboxylic acids is 2. The van der Waals surface area contributed by atoms with Gasteiger partial charge < -0.3 is 5.32 Å². The topological polar surface area (TPSA) is 152 Å². The second kappa shape index (κ2) is 15.1. The summed E-state index contributed by atoms with van der Waals surface area (Å²) in [4.78, 5) is 25.7. The highest BCUT2D eigenvalue weighted by molar-refractivity contribution is 8.01. The average Bonchev–Trinajstić information content (AvgIpc) is 3.62. The van der Waals surface area contributed by atoms with E-state index in [1.165, 1.54) is 51.7 Å². The number of nitrogens with zero attached hydrogens (tertiary/aromatic N) is 6. The fourth-order valence-corrected chi connectivity index (χ4v) is 7.94. The van der Waals surface area contributed by atoms with E-state index in [4.69, 9.17) is 11.6 Å². The molecule has 4 rings (SSSR count). The summed E-state index contributed by atoms with van der Waals surface area (Å²) in [6.07, 6.45) is 0. The van der Waals surface area contributed by atoms with Crippen LogP contribution < -0.4 is 10.6 Å². The minimum absolute atomic E-state index is 0.00720. The van der Waals surface area contributed by atoms with Gasteiger partial charge in [0.15, 0.2) is 15.3 Å². The van der Waals surface area contributed by atoms with E-state index >= 15 is 0 Å².